The number of benzene rings is 2. The molecular formula is C20H24N2OS. The van der Waals surface area contributed by atoms with E-state index in [0.717, 1.165) is 16.8 Å². The van der Waals surface area contributed by atoms with Crippen molar-refractivity contribution in [3.63, 3.8) is 0 Å². The molecule has 0 aliphatic carbocycles. The van der Waals surface area contributed by atoms with Crippen molar-refractivity contribution in [3.8, 4) is 0 Å². The monoisotopic (exact) mass is 340 g/mol. The van der Waals surface area contributed by atoms with E-state index < -0.39 is 0 Å². The minimum Gasteiger partial charge on any atom is -0.332 e. The first kappa shape index (κ1) is 18.1. The fourth-order valence-corrected chi connectivity index (χ4v) is 2.91. The molecule has 3 nitrogen and oxygen atoms in total. The Balaban J connectivity index is 2.06. The van der Waals surface area contributed by atoms with Crippen molar-refractivity contribution in [2.45, 2.75) is 40.5 Å². The number of hydrogen-bond acceptors (Lipinski definition) is 2. The van der Waals surface area contributed by atoms with Crippen LogP contribution >= 0.6 is 12.2 Å². The Morgan fingerprint density at radius 2 is 1.54 bits per heavy atom. The zero-order valence-corrected chi connectivity index (χ0v) is 15.7. The Bertz CT molecular complexity index is 741. The van der Waals surface area contributed by atoms with Crippen LogP contribution in [0.1, 0.15) is 52.4 Å². The SMILES string of the molecule is Cc1cc(C)c(NC(=S)NC(=O)c2ccc(C(C)C)cc2)c(C)c1. The minimum atomic E-state index is -0.203. The number of nitrogens with one attached hydrogen (secondary N) is 2. The Morgan fingerprint density at radius 1 is 1.00 bits per heavy atom. The summed E-state index contributed by atoms with van der Waals surface area (Å²) in [6, 6.07) is 11.8. The summed E-state index contributed by atoms with van der Waals surface area (Å²) < 4.78 is 0. The third kappa shape index (κ3) is 4.42. The van der Waals surface area contributed by atoms with Gasteiger partial charge in [-0.05, 0) is 67.7 Å². The normalized spacial score (nSPS) is 10.6. The second kappa shape index (κ2) is 7.58. The highest BCUT2D eigenvalue weighted by molar-refractivity contribution is 7.80. The van der Waals surface area contributed by atoms with Gasteiger partial charge < -0.3 is 5.32 Å². The van der Waals surface area contributed by atoms with Gasteiger partial charge >= 0.3 is 0 Å². The van der Waals surface area contributed by atoms with Crippen LogP contribution in [0.3, 0.4) is 0 Å². The Hall–Kier alpha value is -2.20. The highest BCUT2D eigenvalue weighted by Gasteiger charge is 2.11. The van der Waals surface area contributed by atoms with Crippen molar-refractivity contribution in [2.24, 2.45) is 0 Å². The van der Waals surface area contributed by atoms with E-state index in [1.54, 1.807) is 0 Å². The molecule has 2 aromatic rings. The van der Waals surface area contributed by atoms with E-state index in [0.29, 0.717) is 16.6 Å². The van der Waals surface area contributed by atoms with E-state index in [1.807, 2.05) is 38.1 Å². The molecule has 0 aliphatic heterocycles. The lowest BCUT2D eigenvalue weighted by Gasteiger charge is -2.15. The van der Waals surface area contributed by atoms with Gasteiger partial charge in [-0.2, -0.15) is 0 Å². The molecule has 0 fully saturated rings. The maximum Gasteiger partial charge on any atom is 0.257 e. The maximum atomic E-state index is 12.3. The van der Waals surface area contributed by atoms with E-state index in [9.17, 15) is 4.79 Å². The van der Waals surface area contributed by atoms with Crippen LogP contribution in [0.15, 0.2) is 36.4 Å². The van der Waals surface area contributed by atoms with Gasteiger partial charge in [-0.3, -0.25) is 10.1 Å². The number of carbonyl (C=O) groups is 1. The van der Waals surface area contributed by atoms with Gasteiger partial charge in [-0.15, -0.1) is 0 Å². The smallest absolute Gasteiger partial charge is 0.257 e. The highest BCUT2D eigenvalue weighted by Crippen LogP contribution is 2.21. The van der Waals surface area contributed by atoms with Crippen molar-refractivity contribution in [1.82, 2.24) is 5.32 Å². The predicted octanol–water partition coefficient (Wildman–Crippen LogP) is 4.86. The lowest BCUT2D eigenvalue weighted by atomic mass is 10.0. The molecule has 0 bridgehead atoms. The lowest BCUT2D eigenvalue weighted by Crippen LogP contribution is -2.34. The quantitative estimate of drug-likeness (QED) is 0.784. The molecular weight excluding hydrogens is 316 g/mol. The Kier molecular flexibility index (Phi) is 5.73. The third-order valence-electron chi connectivity index (χ3n) is 3.98. The summed E-state index contributed by atoms with van der Waals surface area (Å²) in [4.78, 5) is 12.3. The first-order valence-electron chi connectivity index (χ1n) is 8.08. The molecule has 0 saturated carbocycles. The van der Waals surface area contributed by atoms with Crippen molar-refractivity contribution < 1.29 is 4.79 Å². The Morgan fingerprint density at radius 3 is 2.04 bits per heavy atom. The molecule has 0 atom stereocenters. The van der Waals surface area contributed by atoms with Crippen molar-refractivity contribution in [3.05, 3.63) is 64.2 Å². The number of hydrogen-bond donors (Lipinski definition) is 2. The van der Waals surface area contributed by atoms with Gasteiger partial charge in [0.05, 0.1) is 0 Å². The summed E-state index contributed by atoms with van der Waals surface area (Å²) in [5.41, 5.74) is 6.16. The van der Waals surface area contributed by atoms with Crippen LogP contribution in [0.4, 0.5) is 5.69 Å². The van der Waals surface area contributed by atoms with Gasteiger partial charge in [0.15, 0.2) is 5.11 Å². The van der Waals surface area contributed by atoms with Gasteiger partial charge in [0.1, 0.15) is 0 Å². The van der Waals surface area contributed by atoms with Gasteiger partial charge in [-0.25, -0.2) is 0 Å². The van der Waals surface area contributed by atoms with Crippen LogP contribution in [0.5, 0.6) is 0 Å². The fourth-order valence-electron chi connectivity index (χ4n) is 2.72. The minimum absolute atomic E-state index is 0.203. The second-order valence-corrected chi connectivity index (χ2v) is 6.87. The fraction of sp³-hybridized carbons (Fsp3) is 0.300. The Labute approximate surface area is 149 Å². The number of carbonyl (C=O) groups excluding carboxylic acids is 1. The third-order valence-corrected chi connectivity index (χ3v) is 4.19. The standard InChI is InChI=1S/C20H24N2OS/c1-12(2)16-6-8-17(9-7-16)19(23)22-20(24)21-18-14(4)10-13(3)11-15(18)5/h6-12H,1-5H3,(H2,21,22,23,24). The van der Waals surface area contributed by atoms with Crippen LogP contribution in [0, 0.1) is 20.8 Å². The number of aryl methyl sites for hydroxylation is 3. The molecule has 0 heterocycles. The molecule has 0 radical (unpaired) electrons. The summed E-state index contributed by atoms with van der Waals surface area (Å²) in [6.45, 7) is 10.4. The van der Waals surface area contributed by atoms with Gasteiger partial charge in [0, 0.05) is 11.3 Å². The largest absolute Gasteiger partial charge is 0.332 e. The second-order valence-electron chi connectivity index (χ2n) is 6.46. The molecule has 4 heteroatoms. The number of rotatable bonds is 3. The molecule has 0 unspecified atom stereocenters. The summed E-state index contributed by atoms with van der Waals surface area (Å²) in [5, 5.41) is 6.19. The molecule has 0 aromatic heterocycles. The average molecular weight is 340 g/mol. The lowest BCUT2D eigenvalue weighted by molar-refractivity contribution is 0.0977. The molecule has 2 rings (SSSR count). The van der Waals surface area contributed by atoms with Crippen molar-refractivity contribution >= 4 is 28.9 Å². The van der Waals surface area contributed by atoms with Crippen LogP contribution in [-0.2, 0) is 0 Å². The van der Waals surface area contributed by atoms with Crippen LogP contribution < -0.4 is 10.6 Å². The van der Waals surface area contributed by atoms with Crippen LogP contribution in [0.2, 0.25) is 0 Å². The van der Waals surface area contributed by atoms with E-state index in [4.69, 9.17) is 12.2 Å². The maximum absolute atomic E-state index is 12.3. The summed E-state index contributed by atoms with van der Waals surface area (Å²) in [6.07, 6.45) is 0. The van der Waals surface area contributed by atoms with E-state index in [1.165, 1.54) is 11.1 Å². The van der Waals surface area contributed by atoms with Gasteiger partial charge in [0.2, 0.25) is 0 Å². The van der Waals surface area contributed by atoms with Crippen molar-refractivity contribution in [1.29, 1.82) is 0 Å². The van der Waals surface area contributed by atoms with Crippen LogP contribution in [-0.4, -0.2) is 11.0 Å². The van der Waals surface area contributed by atoms with Gasteiger partial charge in [0.25, 0.3) is 5.91 Å². The molecule has 126 valence electrons. The average Bonchev–Trinajstić information content (AvgIpc) is 2.50. The molecule has 24 heavy (non-hydrogen) atoms. The molecule has 2 aromatic carbocycles. The molecule has 0 spiro atoms. The first-order valence-corrected chi connectivity index (χ1v) is 8.49. The summed E-state index contributed by atoms with van der Waals surface area (Å²) in [7, 11) is 0. The predicted molar refractivity (Wildman–Crippen MR) is 105 cm³/mol. The number of anilines is 1. The summed E-state index contributed by atoms with van der Waals surface area (Å²) >= 11 is 5.29. The summed E-state index contributed by atoms with van der Waals surface area (Å²) in [5.74, 6) is 0.238. The van der Waals surface area contributed by atoms with Crippen molar-refractivity contribution in [2.75, 3.05) is 5.32 Å². The molecule has 0 saturated heterocycles. The first-order chi connectivity index (χ1) is 11.3. The zero-order chi connectivity index (χ0) is 17.9. The number of thiocarbonyl (C=S) groups is 1. The van der Waals surface area contributed by atoms with Gasteiger partial charge in [-0.1, -0.05) is 43.7 Å². The van der Waals surface area contributed by atoms with E-state index >= 15 is 0 Å². The van der Waals surface area contributed by atoms with E-state index in [2.05, 4.69) is 43.5 Å². The van der Waals surface area contributed by atoms with E-state index in [-0.39, 0.29) is 5.91 Å². The topological polar surface area (TPSA) is 41.1 Å². The molecule has 2 N–H and O–H groups in total. The molecule has 1 amide bonds. The molecule has 0 aliphatic rings. The zero-order valence-electron chi connectivity index (χ0n) is 14.9. The highest BCUT2D eigenvalue weighted by atomic mass is 32.1. The van der Waals surface area contributed by atoms with Crippen LogP contribution in [0.25, 0.3) is 0 Å². The number of amides is 1.